The van der Waals surface area contributed by atoms with E-state index in [9.17, 15) is 9.18 Å². The Kier molecular flexibility index (Phi) is 5.99. The minimum Gasteiger partial charge on any atom is -0.491 e. The normalized spacial score (nSPS) is 13.6. The molecule has 0 saturated carbocycles. The van der Waals surface area contributed by atoms with Crippen molar-refractivity contribution < 1.29 is 13.9 Å². The number of rotatable bonds is 5. The molecule has 2 aromatic rings. The van der Waals surface area contributed by atoms with Crippen LogP contribution in [0.15, 0.2) is 30.3 Å². The third kappa shape index (κ3) is 4.59. The average molecular weight is 370 g/mol. The van der Waals surface area contributed by atoms with Gasteiger partial charge in [-0.25, -0.2) is 4.39 Å². The van der Waals surface area contributed by atoms with Crippen LogP contribution in [0.4, 0.5) is 15.8 Å². The van der Waals surface area contributed by atoms with Crippen molar-refractivity contribution >= 4 is 17.3 Å². The molecule has 1 heterocycles. The van der Waals surface area contributed by atoms with Crippen LogP contribution < -0.4 is 15.0 Å². The quantitative estimate of drug-likeness (QED) is 0.808. The summed E-state index contributed by atoms with van der Waals surface area (Å²) in [5.74, 6) is 0.401. The molecule has 5 heteroatoms. The van der Waals surface area contributed by atoms with Crippen LogP contribution in [0.5, 0.6) is 5.75 Å². The van der Waals surface area contributed by atoms with Crippen molar-refractivity contribution in [2.45, 2.75) is 46.6 Å². The number of hydrogen-bond donors (Lipinski definition) is 1. The SMILES string of the molecule is CCCCC(=O)Nc1c(C)cc(N2CCOc3cc(F)ccc3C2)cc1C. The summed E-state index contributed by atoms with van der Waals surface area (Å²) in [4.78, 5) is 14.3. The molecule has 27 heavy (non-hydrogen) atoms. The van der Waals surface area contributed by atoms with Gasteiger partial charge in [0.05, 0.1) is 6.54 Å². The van der Waals surface area contributed by atoms with Crippen LogP contribution in [0.25, 0.3) is 0 Å². The van der Waals surface area contributed by atoms with E-state index in [1.807, 2.05) is 13.8 Å². The van der Waals surface area contributed by atoms with Gasteiger partial charge >= 0.3 is 0 Å². The number of unbranched alkanes of at least 4 members (excludes halogenated alkanes) is 1. The smallest absolute Gasteiger partial charge is 0.224 e. The Morgan fingerprint density at radius 2 is 1.96 bits per heavy atom. The molecule has 0 spiro atoms. The maximum absolute atomic E-state index is 13.5. The van der Waals surface area contributed by atoms with Crippen LogP contribution in [0.2, 0.25) is 0 Å². The third-order valence-corrected chi connectivity index (χ3v) is 4.91. The van der Waals surface area contributed by atoms with Gasteiger partial charge in [-0.15, -0.1) is 0 Å². The molecule has 0 fully saturated rings. The maximum Gasteiger partial charge on any atom is 0.224 e. The molecule has 1 aliphatic heterocycles. The first-order chi connectivity index (χ1) is 13.0. The van der Waals surface area contributed by atoms with E-state index in [0.717, 1.165) is 47.5 Å². The fourth-order valence-electron chi connectivity index (χ4n) is 3.42. The number of amides is 1. The predicted octanol–water partition coefficient (Wildman–Crippen LogP) is 4.97. The Hall–Kier alpha value is -2.56. The lowest BCUT2D eigenvalue weighted by molar-refractivity contribution is -0.116. The van der Waals surface area contributed by atoms with Gasteiger partial charge in [-0.1, -0.05) is 19.4 Å². The highest BCUT2D eigenvalue weighted by atomic mass is 19.1. The molecule has 0 aromatic heterocycles. The topological polar surface area (TPSA) is 41.6 Å². The number of ether oxygens (including phenoxy) is 1. The molecule has 4 nitrogen and oxygen atoms in total. The van der Waals surface area contributed by atoms with E-state index in [-0.39, 0.29) is 11.7 Å². The second-order valence-electron chi connectivity index (χ2n) is 7.13. The Morgan fingerprint density at radius 3 is 2.67 bits per heavy atom. The molecule has 1 N–H and O–H groups in total. The molecule has 0 radical (unpaired) electrons. The van der Waals surface area contributed by atoms with Gasteiger partial charge in [-0.2, -0.15) is 0 Å². The number of hydrogen-bond acceptors (Lipinski definition) is 3. The molecule has 0 aliphatic carbocycles. The van der Waals surface area contributed by atoms with Gasteiger partial charge in [0.2, 0.25) is 5.91 Å². The largest absolute Gasteiger partial charge is 0.491 e. The van der Waals surface area contributed by atoms with Gasteiger partial charge in [0, 0.05) is 36.0 Å². The second-order valence-corrected chi connectivity index (χ2v) is 7.13. The molecule has 0 saturated heterocycles. The zero-order chi connectivity index (χ0) is 19.4. The first-order valence-electron chi connectivity index (χ1n) is 9.55. The second kappa shape index (κ2) is 8.42. The minimum atomic E-state index is -0.281. The van der Waals surface area contributed by atoms with Crippen molar-refractivity contribution in [3.05, 3.63) is 52.8 Å². The summed E-state index contributed by atoms with van der Waals surface area (Å²) in [6, 6.07) is 8.89. The highest BCUT2D eigenvalue weighted by Crippen LogP contribution is 2.31. The average Bonchev–Trinajstić information content (AvgIpc) is 2.84. The van der Waals surface area contributed by atoms with E-state index < -0.39 is 0 Å². The van der Waals surface area contributed by atoms with Gasteiger partial charge in [-0.05, 0) is 49.6 Å². The Balaban J connectivity index is 1.81. The van der Waals surface area contributed by atoms with Gasteiger partial charge in [-0.3, -0.25) is 4.79 Å². The summed E-state index contributed by atoms with van der Waals surface area (Å²) in [5.41, 5.74) is 5.03. The Labute approximate surface area is 160 Å². The summed E-state index contributed by atoms with van der Waals surface area (Å²) in [5, 5.41) is 3.05. The Morgan fingerprint density at radius 1 is 1.22 bits per heavy atom. The summed E-state index contributed by atoms with van der Waals surface area (Å²) >= 11 is 0. The van der Waals surface area contributed by atoms with Crippen molar-refractivity contribution in [2.24, 2.45) is 0 Å². The van der Waals surface area contributed by atoms with Crippen molar-refractivity contribution in [1.29, 1.82) is 0 Å². The number of benzene rings is 2. The highest BCUT2D eigenvalue weighted by molar-refractivity contribution is 5.92. The van der Waals surface area contributed by atoms with Gasteiger partial charge < -0.3 is 15.0 Å². The van der Waals surface area contributed by atoms with Gasteiger partial charge in [0.1, 0.15) is 18.2 Å². The minimum absolute atomic E-state index is 0.0647. The summed E-state index contributed by atoms with van der Waals surface area (Å²) in [7, 11) is 0. The molecule has 1 amide bonds. The van der Waals surface area contributed by atoms with Crippen molar-refractivity contribution in [3.8, 4) is 5.75 Å². The van der Waals surface area contributed by atoms with Crippen molar-refractivity contribution in [1.82, 2.24) is 0 Å². The maximum atomic E-state index is 13.5. The van der Waals surface area contributed by atoms with E-state index in [0.29, 0.717) is 25.3 Å². The molecular weight excluding hydrogens is 343 g/mol. The number of carbonyl (C=O) groups excluding carboxylic acids is 1. The lowest BCUT2D eigenvalue weighted by Crippen LogP contribution is -2.25. The van der Waals surface area contributed by atoms with Crippen LogP contribution in [0.3, 0.4) is 0 Å². The molecule has 0 atom stereocenters. The first kappa shape index (κ1) is 19.2. The molecular formula is C22H27FN2O2. The molecule has 3 rings (SSSR count). The number of carbonyl (C=O) groups is 1. The molecule has 144 valence electrons. The highest BCUT2D eigenvalue weighted by Gasteiger charge is 2.18. The number of aryl methyl sites for hydroxylation is 2. The number of anilines is 2. The van der Waals surface area contributed by atoms with E-state index in [1.165, 1.54) is 12.1 Å². The number of nitrogens with one attached hydrogen (secondary N) is 1. The summed E-state index contributed by atoms with van der Waals surface area (Å²) in [6.45, 7) is 8.00. The number of fused-ring (bicyclic) bond motifs is 1. The molecule has 0 bridgehead atoms. The third-order valence-electron chi connectivity index (χ3n) is 4.91. The number of nitrogens with zero attached hydrogens (tertiary/aromatic N) is 1. The zero-order valence-corrected chi connectivity index (χ0v) is 16.3. The van der Waals surface area contributed by atoms with Crippen LogP contribution in [0.1, 0.15) is 42.9 Å². The zero-order valence-electron chi connectivity index (χ0n) is 16.3. The molecule has 2 aromatic carbocycles. The predicted molar refractivity (Wildman–Crippen MR) is 107 cm³/mol. The van der Waals surface area contributed by atoms with Crippen LogP contribution in [-0.2, 0) is 11.3 Å². The van der Waals surface area contributed by atoms with Crippen LogP contribution in [-0.4, -0.2) is 19.1 Å². The standard InChI is InChI=1S/C22H27FN2O2/c1-4-5-6-21(26)24-22-15(2)11-19(12-16(22)3)25-9-10-27-20-13-18(23)8-7-17(20)14-25/h7-8,11-13H,4-6,9-10,14H2,1-3H3,(H,24,26). The van der Waals surface area contributed by atoms with Crippen molar-refractivity contribution in [3.63, 3.8) is 0 Å². The lowest BCUT2D eigenvalue weighted by Gasteiger charge is -2.24. The fraction of sp³-hybridized carbons (Fsp3) is 0.409. The molecule has 0 unspecified atom stereocenters. The Bertz CT molecular complexity index is 812. The monoisotopic (exact) mass is 370 g/mol. The molecule has 1 aliphatic rings. The van der Waals surface area contributed by atoms with E-state index in [4.69, 9.17) is 4.74 Å². The van der Waals surface area contributed by atoms with E-state index in [2.05, 4.69) is 29.3 Å². The van der Waals surface area contributed by atoms with Gasteiger partial charge in [0.15, 0.2) is 0 Å². The summed E-state index contributed by atoms with van der Waals surface area (Å²) in [6.07, 6.45) is 2.45. The fourth-order valence-corrected chi connectivity index (χ4v) is 3.42. The first-order valence-corrected chi connectivity index (χ1v) is 9.55. The van der Waals surface area contributed by atoms with Crippen molar-refractivity contribution in [2.75, 3.05) is 23.4 Å². The lowest BCUT2D eigenvalue weighted by atomic mass is 10.1. The van der Waals surface area contributed by atoms with Gasteiger partial charge in [0.25, 0.3) is 0 Å². The number of halogens is 1. The summed E-state index contributed by atoms with van der Waals surface area (Å²) < 4.78 is 19.2. The van der Waals surface area contributed by atoms with E-state index >= 15 is 0 Å². The van der Waals surface area contributed by atoms with E-state index in [1.54, 1.807) is 6.07 Å². The van der Waals surface area contributed by atoms with Crippen LogP contribution >= 0.6 is 0 Å². The van der Waals surface area contributed by atoms with Crippen LogP contribution in [0, 0.1) is 19.7 Å².